The largest absolute Gasteiger partial charge is 0.452 e. The molecule has 1 atom stereocenters. The molecule has 0 aliphatic rings. The fourth-order valence-corrected chi connectivity index (χ4v) is 3.49. The molecule has 3 aromatic rings. The third-order valence-electron chi connectivity index (χ3n) is 5.62. The molecule has 0 aliphatic carbocycles. The Morgan fingerprint density at radius 2 is 1.68 bits per heavy atom. The minimum Gasteiger partial charge on any atom is -0.452 e. The van der Waals surface area contributed by atoms with Gasteiger partial charge in [0.2, 0.25) is 0 Å². The zero-order valence-electron chi connectivity index (χ0n) is 18.8. The van der Waals surface area contributed by atoms with Crippen molar-refractivity contribution in [3.63, 3.8) is 0 Å². The smallest absolute Gasteiger partial charge is 0.342 e. The molecular formula is C25H29N3O3. The zero-order chi connectivity index (χ0) is 22.5. The summed E-state index contributed by atoms with van der Waals surface area (Å²) in [7, 11) is 1.71. The van der Waals surface area contributed by atoms with Crippen molar-refractivity contribution in [3.8, 4) is 0 Å². The minimum absolute atomic E-state index is 0.117. The molecule has 1 heterocycles. The van der Waals surface area contributed by atoms with Gasteiger partial charge in [0, 0.05) is 7.05 Å². The van der Waals surface area contributed by atoms with E-state index < -0.39 is 5.97 Å². The van der Waals surface area contributed by atoms with E-state index in [1.165, 1.54) is 5.56 Å². The van der Waals surface area contributed by atoms with Crippen LogP contribution in [0.2, 0.25) is 0 Å². The molecule has 0 radical (unpaired) electrons. The van der Waals surface area contributed by atoms with Crippen LogP contribution in [0.25, 0.3) is 0 Å². The van der Waals surface area contributed by atoms with E-state index in [1.807, 2.05) is 63.2 Å². The van der Waals surface area contributed by atoms with Crippen molar-refractivity contribution in [3.05, 3.63) is 88.2 Å². The summed E-state index contributed by atoms with van der Waals surface area (Å²) in [5.74, 6) is -0.786. The zero-order valence-corrected chi connectivity index (χ0v) is 18.8. The molecule has 31 heavy (non-hydrogen) atoms. The average Bonchev–Trinajstić information content (AvgIpc) is 3.05. The molecule has 6 heteroatoms. The normalized spacial score (nSPS) is 11.8. The van der Waals surface area contributed by atoms with Crippen LogP contribution in [0.3, 0.4) is 0 Å². The first kappa shape index (κ1) is 22.3. The molecule has 0 saturated heterocycles. The molecule has 1 aromatic heterocycles. The SMILES string of the molecule is Cc1ccc(Cn2nc(C)c(C(=O)OCC(=O)N(C)[C@@H](C)c3ccccc3)c2C)cc1. The van der Waals surface area contributed by atoms with Crippen LogP contribution in [0, 0.1) is 20.8 Å². The fraction of sp³-hybridized carbons (Fsp3) is 0.320. The third kappa shape index (κ3) is 5.20. The third-order valence-corrected chi connectivity index (χ3v) is 5.62. The van der Waals surface area contributed by atoms with Gasteiger partial charge in [-0.1, -0.05) is 60.2 Å². The molecule has 0 unspecified atom stereocenters. The fourth-order valence-electron chi connectivity index (χ4n) is 3.49. The molecule has 0 fully saturated rings. The highest BCUT2D eigenvalue weighted by Crippen LogP contribution is 2.19. The van der Waals surface area contributed by atoms with Gasteiger partial charge in [0.25, 0.3) is 5.91 Å². The van der Waals surface area contributed by atoms with Crippen LogP contribution in [0.4, 0.5) is 0 Å². The van der Waals surface area contributed by atoms with Gasteiger partial charge >= 0.3 is 5.97 Å². The summed E-state index contributed by atoms with van der Waals surface area (Å²) in [5, 5.41) is 4.50. The summed E-state index contributed by atoms with van der Waals surface area (Å²) >= 11 is 0. The summed E-state index contributed by atoms with van der Waals surface area (Å²) in [6.45, 7) is 7.86. The van der Waals surface area contributed by atoms with Gasteiger partial charge in [-0.2, -0.15) is 5.10 Å². The molecule has 2 aromatic carbocycles. The Morgan fingerprint density at radius 3 is 2.32 bits per heavy atom. The molecule has 162 valence electrons. The Balaban J connectivity index is 1.64. The number of ether oxygens (including phenoxy) is 1. The number of rotatable bonds is 7. The topological polar surface area (TPSA) is 64.4 Å². The van der Waals surface area contributed by atoms with Gasteiger partial charge in [0.1, 0.15) is 5.56 Å². The molecule has 3 rings (SSSR count). The van der Waals surface area contributed by atoms with Crippen molar-refractivity contribution in [2.24, 2.45) is 0 Å². The van der Waals surface area contributed by atoms with Crippen LogP contribution in [0.5, 0.6) is 0 Å². The summed E-state index contributed by atoms with van der Waals surface area (Å²) in [6, 6.07) is 17.8. The quantitative estimate of drug-likeness (QED) is 0.538. The van der Waals surface area contributed by atoms with Crippen LogP contribution in [0.15, 0.2) is 54.6 Å². The summed E-state index contributed by atoms with van der Waals surface area (Å²) < 4.78 is 7.15. The number of likely N-dealkylation sites (N-methyl/N-ethyl adjacent to an activating group) is 1. The predicted octanol–water partition coefficient (Wildman–Crippen LogP) is 4.23. The van der Waals surface area contributed by atoms with Crippen LogP contribution in [0.1, 0.15) is 51.4 Å². The predicted molar refractivity (Wildman–Crippen MR) is 120 cm³/mol. The highest BCUT2D eigenvalue weighted by atomic mass is 16.5. The highest BCUT2D eigenvalue weighted by Gasteiger charge is 2.23. The average molecular weight is 420 g/mol. The number of hydrogen-bond acceptors (Lipinski definition) is 4. The molecule has 0 spiro atoms. The second-order valence-corrected chi connectivity index (χ2v) is 7.86. The number of benzene rings is 2. The maximum atomic E-state index is 12.7. The molecule has 0 saturated carbocycles. The van der Waals surface area contributed by atoms with E-state index in [0.717, 1.165) is 16.8 Å². The molecule has 6 nitrogen and oxygen atoms in total. The molecule has 0 aliphatic heterocycles. The standard InChI is InChI=1S/C25H29N3O3/c1-17-11-13-21(14-12-17)15-28-20(4)24(18(2)26-28)25(30)31-16-23(29)27(5)19(3)22-9-7-6-8-10-22/h6-14,19H,15-16H2,1-5H3/t19-/m0/s1. The second-order valence-electron chi connectivity index (χ2n) is 7.86. The van der Waals surface area contributed by atoms with Crippen LogP contribution in [-0.4, -0.2) is 40.2 Å². The first-order chi connectivity index (χ1) is 14.8. The van der Waals surface area contributed by atoms with E-state index in [4.69, 9.17) is 4.74 Å². The first-order valence-corrected chi connectivity index (χ1v) is 10.3. The van der Waals surface area contributed by atoms with Gasteiger partial charge in [0.05, 0.1) is 24.0 Å². The number of esters is 1. The summed E-state index contributed by atoms with van der Waals surface area (Å²) in [5.41, 5.74) is 5.04. The lowest BCUT2D eigenvalue weighted by molar-refractivity contribution is -0.135. The van der Waals surface area contributed by atoms with Gasteiger partial charge in [-0.15, -0.1) is 0 Å². The van der Waals surface area contributed by atoms with E-state index >= 15 is 0 Å². The van der Waals surface area contributed by atoms with Crippen LogP contribution in [-0.2, 0) is 16.1 Å². The number of hydrogen-bond donors (Lipinski definition) is 0. The van der Waals surface area contributed by atoms with Crippen molar-refractivity contribution in [2.45, 2.75) is 40.3 Å². The number of amides is 1. The Bertz CT molecular complexity index is 1060. The number of carbonyl (C=O) groups excluding carboxylic acids is 2. The highest BCUT2D eigenvalue weighted by molar-refractivity contribution is 5.93. The van der Waals surface area contributed by atoms with Crippen LogP contribution >= 0.6 is 0 Å². The Hall–Kier alpha value is -3.41. The van der Waals surface area contributed by atoms with Gasteiger partial charge in [0.15, 0.2) is 6.61 Å². The Labute approximate surface area is 183 Å². The number of nitrogens with zero attached hydrogens (tertiary/aromatic N) is 3. The summed E-state index contributed by atoms with van der Waals surface area (Å²) in [6.07, 6.45) is 0. The van der Waals surface area contributed by atoms with E-state index in [0.29, 0.717) is 17.8 Å². The lowest BCUT2D eigenvalue weighted by atomic mass is 10.1. The van der Waals surface area contributed by atoms with Gasteiger partial charge in [-0.25, -0.2) is 4.79 Å². The van der Waals surface area contributed by atoms with Gasteiger partial charge < -0.3 is 9.64 Å². The lowest BCUT2D eigenvalue weighted by Crippen LogP contribution is -2.33. The summed E-state index contributed by atoms with van der Waals surface area (Å²) in [4.78, 5) is 26.9. The lowest BCUT2D eigenvalue weighted by Gasteiger charge is -2.25. The first-order valence-electron chi connectivity index (χ1n) is 10.3. The van der Waals surface area contributed by atoms with Gasteiger partial charge in [-0.3, -0.25) is 9.48 Å². The minimum atomic E-state index is -0.528. The van der Waals surface area contributed by atoms with Crippen molar-refractivity contribution in [1.82, 2.24) is 14.7 Å². The van der Waals surface area contributed by atoms with Crippen LogP contribution < -0.4 is 0 Å². The maximum Gasteiger partial charge on any atom is 0.342 e. The molecular weight excluding hydrogens is 390 g/mol. The monoisotopic (exact) mass is 419 g/mol. The van der Waals surface area contributed by atoms with Crippen molar-refractivity contribution in [1.29, 1.82) is 0 Å². The van der Waals surface area contributed by atoms with Gasteiger partial charge in [-0.05, 0) is 38.8 Å². The van der Waals surface area contributed by atoms with E-state index in [1.54, 1.807) is 23.6 Å². The molecule has 0 N–H and O–H groups in total. The second kappa shape index (κ2) is 9.60. The van der Waals surface area contributed by atoms with Crippen molar-refractivity contribution in [2.75, 3.05) is 13.7 Å². The Morgan fingerprint density at radius 1 is 1.03 bits per heavy atom. The van der Waals surface area contributed by atoms with E-state index in [2.05, 4.69) is 17.2 Å². The van der Waals surface area contributed by atoms with E-state index in [-0.39, 0.29) is 18.6 Å². The number of aromatic nitrogens is 2. The molecule has 1 amide bonds. The number of carbonyl (C=O) groups is 2. The maximum absolute atomic E-state index is 12.7. The van der Waals surface area contributed by atoms with Crippen molar-refractivity contribution < 1.29 is 14.3 Å². The Kier molecular flexibility index (Phi) is 6.90. The van der Waals surface area contributed by atoms with E-state index in [9.17, 15) is 9.59 Å². The van der Waals surface area contributed by atoms with Crippen molar-refractivity contribution >= 4 is 11.9 Å². The molecule has 0 bridgehead atoms. The number of aryl methyl sites for hydroxylation is 2.